The number of ether oxygens (including phenoxy) is 1. The van der Waals surface area contributed by atoms with Gasteiger partial charge in [0.1, 0.15) is 17.5 Å². The molecule has 1 unspecified atom stereocenters. The summed E-state index contributed by atoms with van der Waals surface area (Å²) >= 11 is 0. The third kappa shape index (κ3) is 3.20. The maximum absolute atomic E-state index is 13.2. The number of fused-ring (bicyclic) bond motifs is 1. The zero-order valence-electron chi connectivity index (χ0n) is 18.1. The molecule has 33 heavy (non-hydrogen) atoms. The largest absolute Gasteiger partial charge is 0.453 e. The first-order valence-electron chi connectivity index (χ1n) is 10.8. The lowest BCUT2D eigenvalue weighted by Crippen LogP contribution is -2.53. The van der Waals surface area contributed by atoms with Crippen molar-refractivity contribution in [3.05, 3.63) is 54.5 Å². The third-order valence-corrected chi connectivity index (χ3v) is 5.69. The molecule has 2 N–H and O–H groups in total. The van der Waals surface area contributed by atoms with E-state index in [1.165, 1.54) is 4.90 Å². The highest BCUT2D eigenvalue weighted by Gasteiger charge is 2.42. The molecular formula is C24H21N5O4. The van der Waals surface area contributed by atoms with Crippen LogP contribution in [0.3, 0.4) is 0 Å². The van der Waals surface area contributed by atoms with Crippen LogP contribution in [0.2, 0.25) is 0 Å². The molecule has 1 aromatic carbocycles. The van der Waals surface area contributed by atoms with Crippen molar-refractivity contribution in [1.82, 2.24) is 20.3 Å². The number of pyridine rings is 2. The van der Waals surface area contributed by atoms with Crippen molar-refractivity contribution in [2.24, 2.45) is 0 Å². The number of carbonyl (C=O) groups excluding carboxylic acids is 3. The molecule has 3 aromatic heterocycles. The minimum atomic E-state index is -0.778. The molecule has 0 aliphatic carbocycles. The van der Waals surface area contributed by atoms with Crippen LogP contribution < -0.4 is 15.0 Å². The van der Waals surface area contributed by atoms with Gasteiger partial charge in [-0.3, -0.25) is 24.6 Å². The Labute approximate surface area is 188 Å². The fourth-order valence-corrected chi connectivity index (χ4v) is 4.27. The van der Waals surface area contributed by atoms with E-state index in [0.29, 0.717) is 39.3 Å². The summed E-state index contributed by atoms with van der Waals surface area (Å²) in [5.74, 6) is 0.355. The molecule has 0 saturated carbocycles. The van der Waals surface area contributed by atoms with E-state index in [1.807, 2.05) is 32.0 Å². The minimum absolute atomic E-state index is 0.176. The highest BCUT2D eigenvalue weighted by atomic mass is 16.5. The second-order valence-electron chi connectivity index (χ2n) is 7.47. The van der Waals surface area contributed by atoms with Gasteiger partial charge in [0.25, 0.3) is 5.91 Å². The highest BCUT2D eigenvalue weighted by Crippen LogP contribution is 2.43. The number of anilines is 1. The fraction of sp³-hybridized carbons (Fsp3) is 0.208. The standard InChI is InChI=1S/C22H15N5O4.C2H6/c28-17-7-6-14(21(29)26-17)27-20-18-11(3-1-4-13(18)22(27)30)15(10-25-20)31-16-9-24-19-12(16)5-2-8-23-19;1-2/h1-5,8-10,14H,6-7H2,(H,23,24)(H,26,28,29);1-2H3. The summed E-state index contributed by atoms with van der Waals surface area (Å²) in [5.41, 5.74) is 1.16. The maximum Gasteiger partial charge on any atom is 0.260 e. The number of piperidine rings is 1. The molecule has 0 spiro atoms. The maximum atomic E-state index is 13.2. The number of H-pyrrole nitrogens is 1. The number of imide groups is 1. The van der Waals surface area contributed by atoms with Crippen molar-refractivity contribution in [2.45, 2.75) is 32.7 Å². The van der Waals surface area contributed by atoms with Crippen molar-refractivity contribution in [1.29, 1.82) is 0 Å². The molecule has 9 nitrogen and oxygen atoms in total. The van der Waals surface area contributed by atoms with E-state index in [4.69, 9.17) is 4.74 Å². The first-order chi connectivity index (χ1) is 16.1. The number of rotatable bonds is 3. The Kier molecular flexibility index (Phi) is 5.01. The molecule has 9 heteroatoms. The zero-order valence-corrected chi connectivity index (χ0v) is 18.1. The molecule has 0 bridgehead atoms. The summed E-state index contributed by atoms with van der Waals surface area (Å²) in [4.78, 5) is 50.3. The van der Waals surface area contributed by atoms with Gasteiger partial charge in [-0.2, -0.15) is 0 Å². The highest BCUT2D eigenvalue weighted by molar-refractivity contribution is 6.26. The average Bonchev–Trinajstić information content (AvgIpc) is 3.37. The predicted octanol–water partition coefficient (Wildman–Crippen LogP) is 3.70. The van der Waals surface area contributed by atoms with Crippen LogP contribution in [-0.4, -0.2) is 38.7 Å². The lowest BCUT2D eigenvalue weighted by Gasteiger charge is -2.29. The molecule has 3 amide bonds. The second-order valence-corrected chi connectivity index (χ2v) is 7.47. The Morgan fingerprint density at radius 3 is 2.67 bits per heavy atom. The van der Waals surface area contributed by atoms with Crippen molar-refractivity contribution in [3.63, 3.8) is 0 Å². The number of aromatic nitrogens is 3. The van der Waals surface area contributed by atoms with Gasteiger partial charge in [0.05, 0.1) is 17.1 Å². The molecule has 4 aromatic rings. The van der Waals surface area contributed by atoms with E-state index in [-0.39, 0.29) is 24.7 Å². The lowest BCUT2D eigenvalue weighted by molar-refractivity contribution is -0.134. The van der Waals surface area contributed by atoms with Crippen LogP contribution in [0.4, 0.5) is 5.82 Å². The van der Waals surface area contributed by atoms with Crippen LogP contribution in [0, 0.1) is 0 Å². The molecule has 5 heterocycles. The normalized spacial score (nSPS) is 17.2. The van der Waals surface area contributed by atoms with Crippen LogP contribution in [0.1, 0.15) is 37.0 Å². The summed E-state index contributed by atoms with van der Waals surface area (Å²) in [6.45, 7) is 4.00. The summed E-state index contributed by atoms with van der Waals surface area (Å²) in [6, 6.07) is 8.28. The Balaban J connectivity index is 0.00000111. The van der Waals surface area contributed by atoms with Gasteiger partial charge in [0.2, 0.25) is 11.8 Å². The molecule has 166 valence electrons. The van der Waals surface area contributed by atoms with Crippen LogP contribution in [0.15, 0.2) is 48.9 Å². The fourth-order valence-electron chi connectivity index (χ4n) is 4.27. The first kappa shape index (κ1) is 20.6. The van der Waals surface area contributed by atoms with Gasteiger partial charge in [-0.05, 0) is 24.6 Å². The molecule has 6 rings (SSSR count). The van der Waals surface area contributed by atoms with Gasteiger partial charge in [-0.25, -0.2) is 9.97 Å². The van der Waals surface area contributed by atoms with Crippen molar-refractivity contribution in [3.8, 4) is 11.5 Å². The molecule has 1 saturated heterocycles. The summed E-state index contributed by atoms with van der Waals surface area (Å²) < 4.78 is 6.15. The lowest BCUT2D eigenvalue weighted by atomic mass is 10.0. The number of nitrogens with one attached hydrogen (secondary N) is 2. The SMILES string of the molecule is CC.O=C1CCC(N2C(=O)c3cccc4c(Oc5c[nH]c6ncccc56)cnc2c34)C(=O)N1. The van der Waals surface area contributed by atoms with Crippen molar-refractivity contribution in [2.75, 3.05) is 4.90 Å². The molecule has 2 aliphatic rings. The second kappa shape index (κ2) is 8.01. The minimum Gasteiger partial charge on any atom is -0.453 e. The van der Waals surface area contributed by atoms with Crippen molar-refractivity contribution >= 4 is 45.3 Å². The number of nitrogens with zero attached hydrogens (tertiary/aromatic N) is 3. The zero-order chi connectivity index (χ0) is 23.1. The number of hydrogen-bond donors (Lipinski definition) is 2. The summed E-state index contributed by atoms with van der Waals surface area (Å²) in [7, 11) is 0. The molecule has 0 radical (unpaired) electrons. The van der Waals surface area contributed by atoms with E-state index < -0.39 is 11.9 Å². The smallest absolute Gasteiger partial charge is 0.260 e. The van der Waals surface area contributed by atoms with Gasteiger partial charge < -0.3 is 9.72 Å². The van der Waals surface area contributed by atoms with Gasteiger partial charge in [-0.15, -0.1) is 0 Å². The quantitative estimate of drug-likeness (QED) is 0.466. The predicted molar refractivity (Wildman–Crippen MR) is 122 cm³/mol. The summed E-state index contributed by atoms with van der Waals surface area (Å²) in [5, 5.41) is 4.48. The van der Waals surface area contributed by atoms with E-state index in [0.717, 1.165) is 5.39 Å². The van der Waals surface area contributed by atoms with Crippen molar-refractivity contribution < 1.29 is 19.1 Å². The topological polar surface area (TPSA) is 117 Å². The van der Waals surface area contributed by atoms with Crippen LogP contribution >= 0.6 is 0 Å². The first-order valence-corrected chi connectivity index (χ1v) is 10.8. The monoisotopic (exact) mass is 443 g/mol. The Bertz CT molecular complexity index is 1430. The number of amides is 3. The number of benzene rings is 1. The van der Waals surface area contributed by atoms with E-state index in [9.17, 15) is 14.4 Å². The number of carbonyl (C=O) groups is 3. The van der Waals surface area contributed by atoms with Crippen LogP contribution in [0.25, 0.3) is 21.8 Å². The van der Waals surface area contributed by atoms with Crippen LogP contribution in [0.5, 0.6) is 11.5 Å². The van der Waals surface area contributed by atoms with Crippen LogP contribution in [-0.2, 0) is 9.59 Å². The van der Waals surface area contributed by atoms with Gasteiger partial charge in [-0.1, -0.05) is 26.0 Å². The van der Waals surface area contributed by atoms with E-state index in [2.05, 4.69) is 20.3 Å². The molecule has 1 fully saturated rings. The number of hydrogen-bond acceptors (Lipinski definition) is 6. The Morgan fingerprint density at radius 2 is 1.85 bits per heavy atom. The van der Waals surface area contributed by atoms with Gasteiger partial charge in [0, 0.05) is 29.6 Å². The van der Waals surface area contributed by atoms with E-state index in [1.54, 1.807) is 30.7 Å². The van der Waals surface area contributed by atoms with Gasteiger partial charge >= 0.3 is 0 Å². The average molecular weight is 443 g/mol. The van der Waals surface area contributed by atoms with E-state index >= 15 is 0 Å². The Morgan fingerprint density at radius 1 is 1.03 bits per heavy atom. The Hall–Kier alpha value is -4.27. The number of aromatic amines is 1. The molecule has 2 aliphatic heterocycles. The summed E-state index contributed by atoms with van der Waals surface area (Å²) in [6.07, 6.45) is 5.40. The van der Waals surface area contributed by atoms with Gasteiger partial charge in [0.15, 0.2) is 11.5 Å². The third-order valence-electron chi connectivity index (χ3n) is 5.69. The molecule has 1 atom stereocenters. The molecular weight excluding hydrogens is 422 g/mol.